The number of nitrogens with zero attached hydrogens (tertiary/aromatic N) is 1. The Balaban J connectivity index is 2.48. The van der Waals surface area contributed by atoms with E-state index in [-0.39, 0.29) is 5.56 Å². The largest absolute Gasteiger partial charge is 0.314 e. The molecule has 2 rings (SSSR count). The van der Waals surface area contributed by atoms with E-state index in [2.05, 4.69) is 10.4 Å². The molecular formula is C12H15N3O. The van der Waals surface area contributed by atoms with Gasteiger partial charge in [0.05, 0.1) is 11.4 Å². The standard InChI is InChI=1S/C12H15N3O/c1-9-5-3-4-6-11(9)15-12(16)7-10(14-15)8-13-2/h3-7,13-14H,8H2,1-2H3. The molecule has 0 amide bonds. The lowest BCUT2D eigenvalue weighted by Gasteiger charge is -2.05. The maximum atomic E-state index is 11.8. The van der Waals surface area contributed by atoms with Gasteiger partial charge in [0, 0.05) is 12.6 Å². The molecule has 0 atom stereocenters. The smallest absolute Gasteiger partial charge is 0.271 e. The molecule has 0 aliphatic heterocycles. The number of nitrogens with one attached hydrogen (secondary N) is 2. The highest BCUT2D eigenvalue weighted by Gasteiger charge is 2.05. The van der Waals surface area contributed by atoms with Crippen LogP contribution in [0.2, 0.25) is 0 Å². The Labute approximate surface area is 93.9 Å². The Bertz CT molecular complexity index is 539. The van der Waals surface area contributed by atoms with Crippen LogP contribution in [0.1, 0.15) is 11.3 Å². The number of hydrogen-bond donors (Lipinski definition) is 2. The minimum absolute atomic E-state index is 0.0282. The van der Waals surface area contributed by atoms with Crippen molar-refractivity contribution in [3.8, 4) is 5.69 Å². The van der Waals surface area contributed by atoms with Gasteiger partial charge in [-0.25, -0.2) is 4.68 Å². The third-order valence-electron chi connectivity index (χ3n) is 2.50. The fraction of sp³-hybridized carbons (Fsp3) is 0.250. The molecule has 0 aliphatic rings. The fourth-order valence-electron chi connectivity index (χ4n) is 1.72. The first-order valence-corrected chi connectivity index (χ1v) is 5.24. The molecule has 4 heteroatoms. The van der Waals surface area contributed by atoms with Gasteiger partial charge in [-0.15, -0.1) is 0 Å². The molecule has 0 radical (unpaired) electrons. The average Bonchev–Trinajstić information content (AvgIpc) is 2.61. The number of aryl methyl sites for hydroxylation is 1. The lowest BCUT2D eigenvalue weighted by molar-refractivity contribution is 0.750. The molecule has 4 nitrogen and oxygen atoms in total. The number of H-pyrrole nitrogens is 1. The molecule has 1 aromatic carbocycles. The Morgan fingerprint density at radius 2 is 2.12 bits per heavy atom. The summed E-state index contributed by atoms with van der Waals surface area (Å²) in [6, 6.07) is 9.41. The summed E-state index contributed by atoms with van der Waals surface area (Å²) >= 11 is 0. The molecule has 2 N–H and O–H groups in total. The van der Waals surface area contributed by atoms with Gasteiger partial charge in [-0.3, -0.25) is 9.89 Å². The summed E-state index contributed by atoms with van der Waals surface area (Å²) in [4.78, 5) is 11.8. The molecule has 0 fully saturated rings. The molecule has 2 aromatic rings. The summed E-state index contributed by atoms with van der Waals surface area (Å²) in [6.45, 7) is 2.65. The van der Waals surface area contributed by atoms with Crippen LogP contribution in [0.25, 0.3) is 5.69 Å². The van der Waals surface area contributed by atoms with Crippen LogP contribution in [0.4, 0.5) is 0 Å². The average molecular weight is 217 g/mol. The molecular weight excluding hydrogens is 202 g/mol. The van der Waals surface area contributed by atoms with E-state index in [0.717, 1.165) is 16.9 Å². The number of hydrogen-bond acceptors (Lipinski definition) is 2. The van der Waals surface area contributed by atoms with E-state index < -0.39 is 0 Å². The lowest BCUT2D eigenvalue weighted by atomic mass is 10.2. The summed E-state index contributed by atoms with van der Waals surface area (Å²) in [6.07, 6.45) is 0. The van der Waals surface area contributed by atoms with E-state index in [1.54, 1.807) is 10.7 Å². The SMILES string of the molecule is CNCc1cc(=O)n(-c2ccccc2C)[nH]1. The van der Waals surface area contributed by atoms with Gasteiger partial charge >= 0.3 is 0 Å². The van der Waals surface area contributed by atoms with E-state index in [1.165, 1.54) is 0 Å². The van der Waals surface area contributed by atoms with Crippen LogP contribution in [0.15, 0.2) is 35.1 Å². The quantitative estimate of drug-likeness (QED) is 0.811. The zero-order valence-electron chi connectivity index (χ0n) is 9.45. The maximum Gasteiger partial charge on any atom is 0.271 e. The van der Waals surface area contributed by atoms with Crippen LogP contribution < -0.4 is 10.9 Å². The van der Waals surface area contributed by atoms with Crippen LogP contribution in [-0.2, 0) is 6.54 Å². The van der Waals surface area contributed by atoms with Crippen LogP contribution in [-0.4, -0.2) is 16.8 Å². The number of aromatic amines is 1. The van der Waals surface area contributed by atoms with Crippen molar-refractivity contribution in [3.05, 3.63) is 51.9 Å². The second-order valence-corrected chi connectivity index (χ2v) is 3.77. The van der Waals surface area contributed by atoms with Gasteiger partial charge in [0.1, 0.15) is 0 Å². The lowest BCUT2D eigenvalue weighted by Crippen LogP contribution is -2.14. The second-order valence-electron chi connectivity index (χ2n) is 3.77. The zero-order chi connectivity index (χ0) is 11.5. The maximum absolute atomic E-state index is 11.8. The fourth-order valence-corrected chi connectivity index (χ4v) is 1.72. The summed E-state index contributed by atoms with van der Waals surface area (Å²) in [5.41, 5.74) is 2.83. The highest BCUT2D eigenvalue weighted by Crippen LogP contribution is 2.10. The Hall–Kier alpha value is -1.81. The summed E-state index contributed by atoms with van der Waals surface area (Å²) in [5, 5.41) is 6.09. The third kappa shape index (κ3) is 1.92. The Morgan fingerprint density at radius 1 is 1.38 bits per heavy atom. The summed E-state index contributed by atoms with van der Waals surface area (Å²) in [5.74, 6) is 0. The van der Waals surface area contributed by atoms with Gasteiger partial charge < -0.3 is 5.32 Å². The molecule has 0 unspecified atom stereocenters. The first kappa shape index (κ1) is 10.7. The van der Waals surface area contributed by atoms with E-state index in [4.69, 9.17) is 0 Å². The zero-order valence-corrected chi connectivity index (χ0v) is 9.45. The minimum atomic E-state index is -0.0282. The van der Waals surface area contributed by atoms with Gasteiger partial charge in [-0.05, 0) is 25.6 Å². The van der Waals surface area contributed by atoms with Gasteiger partial charge in [-0.2, -0.15) is 0 Å². The second kappa shape index (κ2) is 4.37. The van der Waals surface area contributed by atoms with Crippen molar-refractivity contribution in [2.75, 3.05) is 7.05 Å². The normalized spacial score (nSPS) is 10.6. The summed E-state index contributed by atoms with van der Waals surface area (Å²) in [7, 11) is 1.85. The predicted molar refractivity (Wildman–Crippen MR) is 63.9 cm³/mol. The van der Waals surface area contributed by atoms with Crippen molar-refractivity contribution >= 4 is 0 Å². The van der Waals surface area contributed by atoms with Crippen molar-refractivity contribution < 1.29 is 0 Å². The first-order valence-electron chi connectivity index (χ1n) is 5.24. The molecule has 0 aliphatic carbocycles. The molecule has 1 aromatic heterocycles. The monoisotopic (exact) mass is 217 g/mol. The van der Waals surface area contributed by atoms with Crippen molar-refractivity contribution in [2.45, 2.75) is 13.5 Å². The van der Waals surface area contributed by atoms with Crippen molar-refractivity contribution in [1.29, 1.82) is 0 Å². The van der Waals surface area contributed by atoms with E-state index in [1.807, 2.05) is 38.2 Å². The van der Waals surface area contributed by atoms with Crippen LogP contribution in [0.5, 0.6) is 0 Å². The van der Waals surface area contributed by atoms with E-state index >= 15 is 0 Å². The highest BCUT2D eigenvalue weighted by atomic mass is 16.1. The van der Waals surface area contributed by atoms with Crippen LogP contribution in [0.3, 0.4) is 0 Å². The molecule has 0 spiro atoms. The Morgan fingerprint density at radius 3 is 2.81 bits per heavy atom. The molecule has 0 bridgehead atoms. The van der Waals surface area contributed by atoms with Gasteiger partial charge in [-0.1, -0.05) is 18.2 Å². The van der Waals surface area contributed by atoms with Crippen LogP contribution >= 0.6 is 0 Å². The van der Waals surface area contributed by atoms with Crippen LogP contribution in [0, 0.1) is 6.92 Å². The first-order chi connectivity index (χ1) is 7.72. The van der Waals surface area contributed by atoms with Crippen molar-refractivity contribution in [3.63, 3.8) is 0 Å². The molecule has 0 saturated carbocycles. The van der Waals surface area contributed by atoms with Gasteiger partial charge in [0.25, 0.3) is 5.56 Å². The minimum Gasteiger partial charge on any atom is -0.314 e. The third-order valence-corrected chi connectivity index (χ3v) is 2.50. The molecule has 1 heterocycles. The van der Waals surface area contributed by atoms with E-state index in [9.17, 15) is 4.79 Å². The van der Waals surface area contributed by atoms with Gasteiger partial charge in [0.2, 0.25) is 0 Å². The Kier molecular flexibility index (Phi) is 2.92. The molecule has 84 valence electrons. The predicted octanol–water partition coefficient (Wildman–Crippen LogP) is 1.19. The number of rotatable bonds is 3. The molecule has 0 saturated heterocycles. The number of aromatic nitrogens is 2. The topological polar surface area (TPSA) is 49.8 Å². The van der Waals surface area contributed by atoms with E-state index in [0.29, 0.717) is 6.54 Å². The van der Waals surface area contributed by atoms with Gasteiger partial charge in [0.15, 0.2) is 0 Å². The van der Waals surface area contributed by atoms with Crippen molar-refractivity contribution in [1.82, 2.24) is 15.1 Å². The highest BCUT2D eigenvalue weighted by molar-refractivity contribution is 5.39. The summed E-state index contributed by atoms with van der Waals surface area (Å²) < 4.78 is 1.57. The number of para-hydroxylation sites is 1. The van der Waals surface area contributed by atoms with Crippen molar-refractivity contribution in [2.24, 2.45) is 0 Å². The molecule has 16 heavy (non-hydrogen) atoms. The number of benzene rings is 1.